The predicted molar refractivity (Wildman–Crippen MR) is 123 cm³/mol. The Balaban J connectivity index is -0.000000436. The summed E-state index contributed by atoms with van der Waals surface area (Å²) in [5, 5.41) is 19.0. The molecule has 0 aliphatic rings. The number of carbonyl (C=O) groups is 1. The van der Waals surface area contributed by atoms with Crippen molar-refractivity contribution < 1.29 is 4.79 Å². The third-order valence-electron chi connectivity index (χ3n) is 3.89. The first-order chi connectivity index (χ1) is 12.4. The molecule has 1 aromatic rings. The van der Waals surface area contributed by atoms with E-state index < -0.39 is 0 Å². The molecule has 1 rings (SSSR count). The molecule has 0 radical (unpaired) electrons. The molecule has 6 N–H and O–H groups in total. The molecule has 1 aromatic carbocycles. The van der Waals surface area contributed by atoms with Gasteiger partial charge in [-0.3, -0.25) is 25.8 Å². The van der Waals surface area contributed by atoms with Gasteiger partial charge in [0, 0.05) is 12.1 Å². The Bertz CT molecular complexity index is 553. The van der Waals surface area contributed by atoms with E-state index in [-0.39, 0.29) is 48.6 Å². The lowest BCUT2D eigenvalue weighted by atomic mass is 10.0. The van der Waals surface area contributed by atoms with Gasteiger partial charge in [0.05, 0.1) is 6.04 Å². The Hall–Kier alpha value is -1.83. The fourth-order valence-corrected chi connectivity index (χ4v) is 2.35. The summed E-state index contributed by atoms with van der Waals surface area (Å²) >= 11 is 0. The molecule has 162 valence electrons. The molecule has 28 heavy (non-hydrogen) atoms. The van der Waals surface area contributed by atoms with Crippen LogP contribution in [0.4, 0.5) is 0 Å². The van der Waals surface area contributed by atoms with Gasteiger partial charge in [-0.1, -0.05) is 57.5 Å². The number of unbranched alkanes of at least 4 members (excludes halogenated alkanes) is 1. The fraction of sp³-hybridized carbons (Fsp3) is 0.526. The molecule has 0 aromatic heterocycles. The van der Waals surface area contributed by atoms with Gasteiger partial charge in [0.2, 0.25) is 0 Å². The van der Waals surface area contributed by atoms with Crippen molar-refractivity contribution in [3.63, 3.8) is 0 Å². The van der Waals surface area contributed by atoms with Crippen LogP contribution in [-0.4, -0.2) is 48.3 Å². The maximum atomic E-state index is 12.1. The molecule has 7 nitrogen and oxygen atoms in total. The standard InChI is InChI=1S/C13H19NO.C6H15N5.2ClH/c1-4-14(5-2)11(3)13(15)12-9-7-6-8-10-12;1-2-3-4-10-6(9)11-5(7)8;;/h6-11H,4-5H2,1-3H3;2-4H2,1H3,(H6,7,8,9,10,11);2*1H. The van der Waals surface area contributed by atoms with E-state index in [0.29, 0.717) is 0 Å². The zero-order valence-corrected chi connectivity index (χ0v) is 18.9. The molecule has 0 bridgehead atoms. The lowest BCUT2D eigenvalue weighted by molar-refractivity contribution is 0.0851. The first kappa shape index (κ1) is 30.9. The Kier molecular flexibility index (Phi) is 20.4. The van der Waals surface area contributed by atoms with Crippen LogP contribution in [-0.2, 0) is 0 Å². The Morgan fingerprint density at radius 2 is 1.64 bits per heavy atom. The number of nitrogens with one attached hydrogen (secondary N) is 4. The van der Waals surface area contributed by atoms with E-state index in [2.05, 4.69) is 36.3 Å². The molecule has 0 fully saturated rings. The van der Waals surface area contributed by atoms with Crippen molar-refractivity contribution >= 4 is 42.5 Å². The maximum Gasteiger partial charge on any atom is 0.195 e. The molecular formula is C19H36Cl2N6O. The van der Waals surface area contributed by atoms with E-state index in [1.807, 2.05) is 37.3 Å². The van der Waals surface area contributed by atoms with Gasteiger partial charge in [-0.15, -0.1) is 24.8 Å². The summed E-state index contributed by atoms with van der Waals surface area (Å²) in [7, 11) is 0. The normalized spacial score (nSPS) is 10.3. The molecule has 1 unspecified atom stereocenters. The number of halogens is 2. The average Bonchev–Trinajstić information content (AvgIpc) is 2.63. The van der Waals surface area contributed by atoms with Crippen molar-refractivity contribution in [1.82, 2.24) is 15.5 Å². The number of hydrogen-bond acceptors (Lipinski definition) is 4. The monoisotopic (exact) mass is 434 g/mol. The minimum Gasteiger partial charge on any atom is -0.370 e. The number of nitrogens with two attached hydrogens (primary N) is 1. The zero-order valence-electron chi connectivity index (χ0n) is 17.2. The number of likely N-dealkylation sites (N-methyl/N-ethyl adjacent to an activating group) is 1. The minimum atomic E-state index is -0.209. The number of Topliss-reactive ketones (excluding diaryl/α,β-unsaturated/α-hetero) is 1. The first-order valence-corrected chi connectivity index (χ1v) is 9.14. The van der Waals surface area contributed by atoms with Gasteiger partial charge in [0.15, 0.2) is 17.7 Å². The summed E-state index contributed by atoms with van der Waals surface area (Å²) in [6.07, 6.45) is 2.10. The summed E-state index contributed by atoms with van der Waals surface area (Å²) in [5.41, 5.74) is 5.79. The zero-order chi connectivity index (χ0) is 19.9. The van der Waals surface area contributed by atoms with Crippen LogP contribution in [0.2, 0.25) is 0 Å². The topological polar surface area (TPSA) is 118 Å². The molecule has 0 saturated heterocycles. The molecule has 0 spiro atoms. The third kappa shape index (κ3) is 13.4. The number of hydrogen-bond donors (Lipinski definition) is 5. The van der Waals surface area contributed by atoms with Gasteiger partial charge >= 0.3 is 0 Å². The number of ketones is 1. The average molecular weight is 435 g/mol. The molecule has 0 heterocycles. The van der Waals surface area contributed by atoms with Crippen molar-refractivity contribution in [3.05, 3.63) is 35.9 Å². The molecule has 9 heteroatoms. The van der Waals surface area contributed by atoms with Gasteiger partial charge in [-0.25, -0.2) is 0 Å². The van der Waals surface area contributed by atoms with Crippen molar-refractivity contribution in [1.29, 1.82) is 10.8 Å². The molecule has 1 atom stereocenters. The van der Waals surface area contributed by atoms with Crippen LogP contribution in [0.5, 0.6) is 0 Å². The van der Waals surface area contributed by atoms with Crippen LogP contribution in [0.15, 0.2) is 30.3 Å². The third-order valence-corrected chi connectivity index (χ3v) is 3.89. The number of guanidine groups is 2. The number of benzene rings is 1. The van der Waals surface area contributed by atoms with Crippen molar-refractivity contribution in [2.45, 2.75) is 46.6 Å². The summed E-state index contributed by atoms with van der Waals surface area (Å²) in [4.78, 5) is 14.2. The predicted octanol–water partition coefficient (Wildman–Crippen LogP) is 3.24. The van der Waals surface area contributed by atoms with Crippen molar-refractivity contribution in [2.75, 3.05) is 19.6 Å². The smallest absolute Gasteiger partial charge is 0.195 e. The molecular weight excluding hydrogens is 399 g/mol. The van der Waals surface area contributed by atoms with Gasteiger partial charge in [-0.05, 0) is 26.4 Å². The first-order valence-electron chi connectivity index (χ1n) is 9.14. The second-order valence-electron chi connectivity index (χ2n) is 5.82. The lowest BCUT2D eigenvalue weighted by Crippen LogP contribution is -2.43. The van der Waals surface area contributed by atoms with Gasteiger partial charge in [0.25, 0.3) is 0 Å². The van der Waals surface area contributed by atoms with Crippen LogP contribution >= 0.6 is 24.8 Å². The number of carbonyl (C=O) groups excluding carboxylic acids is 1. The summed E-state index contributed by atoms with van der Waals surface area (Å²) < 4.78 is 0. The Morgan fingerprint density at radius 1 is 1.11 bits per heavy atom. The van der Waals surface area contributed by atoms with Crippen molar-refractivity contribution in [3.8, 4) is 0 Å². The minimum absolute atomic E-state index is 0. The summed E-state index contributed by atoms with van der Waals surface area (Å²) in [6.45, 7) is 10.8. The molecule has 0 aliphatic carbocycles. The highest BCUT2D eigenvalue weighted by molar-refractivity contribution is 5.99. The highest BCUT2D eigenvalue weighted by Crippen LogP contribution is 2.08. The molecule has 0 amide bonds. The van der Waals surface area contributed by atoms with E-state index in [1.165, 1.54) is 0 Å². The second-order valence-corrected chi connectivity index (χ2v) is 5.82. The summed E-state index contributed by atoms with van der Waals surface area (Å²) in [5.74, 6) is 0.0873. The second kappa shape index (κ2) is 18.5. The maximum absolute atomic E-state index is 12.1. The highest BCUT2D eigenvalue weighted by atomic mass is 35.5. The van der Waals surface area contributed by atoms with Crippen LogP contribution < -0.4 is 16.4 Å². The van der Waals surface area contributed by atoms with Crippen LogP contribution in [0, 0.1) is 10.8 Å². The van der Waals surface area contributed by atoms with E-state index >= 15 is 0 Å². The van der Waals surface area contributed by atoms with E-state index in [1.54, 1.807) is 0 Å². The van der Waals surface area contributed by atoms with Crippen molar-refractivity contribution in [2.24, 2.45) is 5.73 Å². The molecule has 0 saturated carbocycles. The summed E-state index contributed by atoms with van der Waals surface area (Å²) in [6, 6.07) is 9.47. The SMILES string of the molecule is CCCCNC(=N)NC(=N)N.CCN(CC)C(C)C(=O)c1ccccc1.Cl.Cl. The van der Waals surface area contributed by atoms with Gasteiger partial charge in [0.1, 0.15) is 0 Å². The van der Waals surface area contributed by atoms with Crippen LogP contribution in [0.25, 0.3) is 0 Å². The van der Waals surface area contributed by atoms with E-state index in [9.17, 15) is 4.79 Å². The lowest BCUT2D eigenvalue weighted by Gasteiger charge is -2.25. The Morgan fingerprint density at radius 3 is 2.07 bits per heavy atom. The fourth-order valence-electron chi connectivity index (χ4n) is 2.35. The van der Waals surface area contributed by atoms with Gasteiger partial charge < -0.3 is 11.1 Å². The van der Waals surface area contributed by atoms with E-state index in [0.717, 1.165) is 38.0 Å². The van der Waals surface area contributed by atoms with Gasteiger partial charge in [-0.2, -0.15) is 0 Å². The van der Waals surface area contributed by atoms with E-state index in [4.69, 9.17) is 16.6 Å². The number of nitrogens with zero attached hydrogens (tertiary/aromatic N) is 1. The highest BCUT2D eigenvalue weighted by Gasteiger charge is 2.19. The quantitative estimate of drug-likeness (QED) is 0.186. The van der Waals surface area contributed by atoms with Crippen LogP contribution in [0.3, 0.4) is 0 Å². The largest absolute Gasteiger partial charge is 0.370 e. The number of rotatable bonds is 8. The molecule has 0 aliphatic heterocycles. The van der Waals surface area contributed by atoms with Crippen LogP contribution in [0.1, 0.15) is 50.9 Å². The Labute approximate surface area is 181 Å².